The second-order valence-corrected chi connectivity index (χ2v) is 22.4. The summed E-state index contributed by atoms with van der Waals surface area (Å²) in [5.74, 6) is 0. The molecule has 1 heteroatoms. The SMILES string of the molecule is c1ccc(-c2cc(-c3ccccc3)cc(-c3c4ccccc4c(-c4ccc5[se]c6c(-c7c8ccccc8c(-c8cc(-c9ccccc9)cc(-c9ccccc9)c8)c8ccccc78)cccc6c5c4)c4ccccc34)c2)cc1. The Morgan fingerprint density at radius 1 is 0.169 bits per heavy atom. The minimum absolute atomic E-state index is 0.0868. The molecule has 1 aromatic heterocycles. The molecule has 0 aliphatic carbocycles. The first-order chi connectivity index (χ1) is 38.2. The van der Waals surface area contributed by atoms with Crippen LogP contribution in [0.1, 0.15) is 0 Å². The first-order valence-electron chi connectivity index (χ1n) is 26.6. The van der Waals surface area contributed by atoms with Crippen molar-refractivity contribution in [2.75, 3.05) is 0 Å². The average molecular weight is 1040 g/mol. The fourth-order valence-corrected chi connectivity index (χ4v) is 14.9. The molecule has 0 nitrogen and oxygen atoms in total. The van der Waals surface area contributed by atoms with Crippen molar-refractivity contribution in [2.24, 2.45) is 0 Å². The largest absolute Gasteiger partial charge is 0.0617 e. The normalized spacial score (nSPS) is 11.6. The number of rotatable bonds is 8. The van der Waals surface area contributed by atoms with Gasteiger partial charge in [-0.1, -0.05) is 72.8 Å². The van der Waals surface area contributed by atoms with E-state index in [1.54, 1.807) is 0 Å². The van der Waals surface area contributed by atoms with Gasteiger partial charge in [0.15, 0.2) is 0 Å². The molecule has 0 fully saturated rings. The predicted octanol–water partition coefficient (Wildman–Crippen LogP) is 21.0. The molecule has 0 amide bonds. The summed E-state index contributed by atoms with van der Waals surface area (Å²) in [4.78, 5) is 0. The van der Waals surface area contributed by atoms with Crippen molar-refractivity contribution < 1.29 is 0 Å². The van der Waals surface area contributed by atoms with Crippen LogP contribution in [0.4, 0.5) is 0 Å². The van der Waals surface area contributed by atoms with Crippen LogP contribution in [0.5, 0.6) is 0 Å². The zero-order chi connectivity index (χ0) is 50.8. The van der Waals surface area contributed by atoms with Gasteiger partial charge in [-0.05, 0) is 0 Å². The van der Waals surface area contributed by atoms with E-state index in [4.69, 9.17) is 0 Å². The molecule has 0 spiro atoms. The summed E-state index contributed by atoms with van der Waals surface area (Å²) in [7, 11) is 0. The topological polar surface area (TPSA) is 0 Å². The fraction of sp³-hybridized carbons (Fsp3) is 0. The van der Waals surface area contributed by atoms with Crippen molar-refractivity contribution >= 4 is 76.9 Å². The summed E-state index contributed by atoms with van der Waals surface area (Å²) >= 11 is 0.0868. The van der Waals surface area contributed by atoms with Gasteiger partial charge in [-0.15, -0.1) is 0 Å². The standard InChI is InChI=1S/C76H48Se/c1-5-22-49(23-6-1)54-42-55(50-24-7-2-8-25-50)45-58(44-54)73-62-32-15-13-30-60(62)72(61-31-14-16-33-63(61)73)53-40-41-71-70(48-53)68-38-21-39-69(76(68)77-71)75-66-36-19-17-34-64(66)74(65-35-18-20-37-67(65)75)59-46-56(51-26-9-3-10-27-51)43-57(47-59)52-28-11-4-12-29-52/h1-48H. The maximum absolute atomic E-state index is 2.51. The van der Waals surface area contributed by atoms with Crippen LogP contribution in [0, 0.1) is 0 Å². The van der Waals surface area contributed by atoms with E-state index in [9.17, 15) is 0 Å². The molecule has 77 heavy (non-hydrogen) atoms. The molecule has 14 aromatic carbocycles. The molecule has 0 bridgehead atoms. The van der Waals surface area contributed by atoms with E-state index in [-0.39, 0.29) is 14.5 Å². The summed E-state index contributed by atoms with van der Waals surface area (Å²) in [6.45, 7) is 0. The summed E-state index contributed by atoms with van der Waals surface area (Å²) in [6.07, 6.45) is 0. The monoisotopic (exact) mass is 1040 g/mol. The molecule has 0 aliphatic heterocycles. The molecular formula is C76H48Se. The van der Waals surface area contributed by atoms with E-state index in [1.807, 2.05) is 0 Å². The van der Waals surface area contributed by atoms with E-state index in [1.165, 1.54) is 151 Å². The molecule has 0 atom stereocenters. The Bertz CT molecular complexity index is 4530. The summed E-state index contributed by atoms with van der Waals surface area (Å²) in [6, 6.07) is 108. The van der Waals surface area contributed by atoms with Crippen LogP contribution < -0.4 is 0 Å². The van der Waals surface area contributed by atoms with Crippen molar-refractivity contribution in [3.05, 3.63) is 291 Å². The quantitative estimate of drug-likeness (QED) is 0.105. The Balaban J connectivity index is 0.922. The minimum Gasteiger partial charge on any atom is -0.0617 e. The van der Waals surface area contributed by atoms with Crippen LogP contribution in [-0.2, 0) is 0 Å². The van der Waals surface area contributed by atoms with Gasteiger partial charge in [0.05, 0.1) is 0 Å². The Kier molecular flexibility index (Phi) is 11.0. The van der Waals surface area contributed by atoms with Crippen LogP contribution in [0.15, 0.2) is 291 Å². The van der Waals surface area contributed by atoms with Crippen molar-refractivity contribution in [1.82, 2.24) is 0 Å². The second kappa shape index (κ2) is 18.8. The van der Waals surface area contributed by atoms with Gasteiger partial charge < -0.3 is 0 Å². The molecule has 15 rings (SSSR count). The summed E-state index contributed by atoms with van der Waals surface area (Å²) in [5, 5.41) is 12.8. The zero-order valence-electron chi connectivity index (χ0n) is 42.1. The van der Waals surface area contributed by atoms with Gasteiger partial charge in [0.2, 0.25) is 0 Å². The zero-order valence-corrected chi connectivity index (χ0v) is 43.8. The molecule has 0 saturated carbocycles. The van der Waals surface area contributed by atoms with Crippen molar-refractivity contribution in [1.29, 1.82) is 0 Å². The van der Waals surface area contributed by atoms with E-state index in [2.05, 4.69) is 291 Å². The third-order valence-electron chi connectivity index (χ3n) is 15.8. The molecule has 0 radical (unpaired) electrons. The third kappa shape index (κ3) is 7.74. The molecule has 358 valence electrons. The first-order valence-corrected chi connectivity index (χ1v) is 28.3. The van der Waals surface area contributed by atoms with Gasteiger partial charge >= 0.3 is 384 Å². The van der Waals surface area contributed by atoms with Gasteiger partial charge in [-0.3, -0.25) is 0 Å². The number of hydrogen-bond donors (Lipinski definition) is 0. The smallest absolute Gasteiger partial charge is 0.0544 e. The van der Waals surface area contributed by atoms with E-state index in [0.717, 1.165) is 0 Å². The van der Waals surface area contributed by atoms with Crippen LogP contribution in [0.25, 0.3) is 151 Å². The molecule has 0 unspecified atom stereocenters. The van der Waals surface area contributed by atoms with Crippen LogP contribution >= 0.6 is 0 Å². The number of hydrogen-bond acceptors (Lipinski definition) is 0. The Hall–Kier alpha value is -9.36. The predicted molar refractivity (Wildman–Crippen MR) is 332 cm³/mol. The van der Waals surface area contributed by atoms with E-state index in [0.29, 0.717) is 0 Å². The Morgan fingerprint density at radius 3 is 0.831 bits per heavy atom. The summed E-state index contributed by atoms with van der Waals surface area (Å²) in [5.41, 5.74) is 19.8. The number of benzene rings is 14. The van der Waals surface area contributed by atoms with Gasteiger partial charge in [-0.25, -0.2) is 0 Å². The maximum atomic E-state index is 2.51. The van der Waals surface area contributed by atoms with Crippen molar-refractivity contribution in [3.8, 4) is 89.0 Å². The van der Waals surface area contributed by atoms with E-state index < -0.39 is 0 Å². The van der Waals surface area contributed by atoms with E-state index >= 15 is 0 Å². The van der Waals surface area contributed by atoms with Gasteiger partial charge in [0.25, 0.3) is 0 Å². The van der Waals surface area contributed by atoms with Crippen molar-refractivity contribution in [2.45, 2.75) is 0 Å². The van der Waals surface area contributed by atoms with Gasteiger partial charge in [0.1, 0.15) is 0 Å². The summed E-state index contributed by atoms with van der Waals surface area (Å²) < 4.78 is 2.88. The van der Waals surface area contributed by atoms with Crippen molar-refractivity contribution in [3.63, 3.8) is 0 Å². The fourth-order valence-electron chi connectivity index (χ4n) is 12.4. The Labute approximate surface area is 454 Å². The van der Waals surface area contributed by atoms with Gasteiger partial charge in [-0.2, -0.15) is 0 Å². The van der Waals surface area contributed by atoms with Crippen LogP contribution in [0.3, 0.4) is 0 Å². The van der Waals surface area contributed by atoms with Crippen LogP contribution in [0.2, 0.25) is 0 Å². The van der Waals surface area contributed by atoms with Crippen LogP contribution in [-0.4, -0.2) is 14.5 Å². The average Bonchev–Trinajstić information content (AvgIpc) is 3.99. The molecule has 1 heterocycles. The number of fused-ring (bicyclic) bond motifs is 7. The first kappa shape index (κ1) is 45.1. The molecule has 0 saturated heterocycles. The Morgan fingerprint density at radius 2 is 0.468 bits per heavy atom. The molecular weight excluding hydrogens is 992 g/mol. The minimum atomic E-state index is 0.0868. The molecule has 15 aromatic rings. The third-order valence-corrected chi connectivity index (χ3v) is 18.3. The maximum Gasteiger partial charge on any atom is -0.0544 e. The molecule has 0 N–H and O–H groups in total. The van der Waals surface area contributed by atoms with Gasteiger partial charge in [0, 0.05) is 0 Å². The second-order valence-electron chi connectivity index (χ2n) is 20.2. The molecule has 0 aliphatic rings.